The summed E-state index contributed by atoms with van der Waals surface area (Å²) in [7, 11) is -3.93. The fourth-order valence-electron chi connectivity index (χ4n) is 2.14. The maximum absolute atomic E-state index is 12.6. The zero-order valence-electron chi connectivity index (χ0n) is 13.9. The van der Waals surface area contributed by atoms with Gasteiger partial charge in [-0.1, -0.05) is 35.3 Å². The standard InChI is InChI=1S/C17H18Cl2N2O3S/c1-10(2)20-17(22)13-9-12(8-7-11(13)3)25(23,24)21-15-6-4-5-14(18)16(15)19/h4-10,21H,1-3H3,(H,20,22). The summed E-state index contributed by atoms with van der Waals surface area (Å²) in [5, 5.41) is 3.10. The van der Waals surface area contributed by atoms with E-state index in [4.69, 9.17) is 23.2 Å². The molecule has 5 nitrogen and oxygen atoms in total. The molecule has 0 aliphatic rings. The number of anilines is 1. The number of aryl methyl sites for hydroxylation is 1. The van der Waals surface area contributed by atoms with Crippen LogP contribution in [0.3, 0.4) is 0 Å². The lowest BCUT2D eigenvalue weighted by Gasteiger charge is -2.14. The van der Waals surface area contributed by atoms with Gasteiger partial charge in [-0.3, -0.25) is 9.52 Å². The topological polar surface area (TPSA) is 75.3 Å². The van der Waals surface area contributed by atoms with Gasteiger partial charge in [0.1, 0.15) is 0 Å². The van der Waals surface area contributed by atoms with E-state index in [9.17, 15) is 13.2 Å². The molecule has 2 N–H and O–H groups in total. The minimum Gasteiger partial charge on any atom is -0.350 e. The minimum atomic E-state index is -3.93. The molecule has 0 atom stereocenters. The molecule has 0 radical (unpaired) electrons. The highest BCUT2D eigenvalue weighted by Crippen LogP contribution is 2.31. The fraction of sp³-hybridized carbons (Fsp3) is 0.235. The molecule has 0 saturated carbocycles. The quantitative estimate of drug-likeness (QED) is 0.787. The van der Waals surface area contributed by atoms with Crippen molar-refractivity contribution in [1.29, 1.82) is 0 Å². The minimum absolute atomic E-state index is 0.0388. The summed E-state index contributed by atoms with van der Waals surface area (Å²) in [6, 6.07) is 8.95. The Kier molecular flexibility index (Phi) is 5.98. The number of sulfonamides is 1. The molecule has 0 aliphatic heterocycles. The predicted molar refractivity (Wildman–Crippen MR) is 101 cm³/mol. The number of nitrogens with one attached hydrogen (secondary N) is 2. The molecule has 0 aromatic heterocycles. The van der Waals surface area contributed by atoms with Crippen LogP contribution in [0.2, 0.25) is 10.0 Å². The highest BCUT2D eigenvalue weighted by Gasteiger charge is 2.20. The average Bonchev–Trinajstić information content (AvgIpc) is 2.51. The third-order valence-corrected chi connectivity index (χ3v) is 5.56. The van der Waals surface area contributed by atoms with Crippen LogP contribution in [0.15, 0.2) is 41.3 Å². The van der Waals surface area contributed by atoms with Crippen LogP contribution in [0.4, 0.5) is 5.69 Å². The molecule has 2 rings (SSSR count). The second-order valence-corrected chi connectivity index (χ2v) is 8.28. The first-order chi connectivity index (χ1) is 11.6. The molecule has 25 heavy (non-hydrogen) atoms. The highest BCUT2D eigenvalue weighted by atomic mass is 35.5. The van der Waals surface area contributed by atoms with Gasteiger partial charge in [-0.05, 0) is 50.6 Å². The van der Waals surface area contributed by atoms with E-state index in [0.717, 1.165) is 0 Å². The lowest BCUT2D eigenvalue weighted by molar-refractivity contribution is 0.0942. The van der Waals surface area contributed by atoms with E-state index < -0.39 is 10.0 Å². The van der Waals surface area contributed by atoms with Crippen LogP contribution < -0.4 is 10.0 Å². The Hall–Kier alpha value is -1.76. The van der Waals surface area contributed by atoms with Gasteiger partial charge in [0, 0.05) is 11.6 Å². The molecular formula is C17H18Cl2N2O3S. The number of benzene rings is 2. The van der Waals surface area contributed by atoms with Crippen LogP contribution >= 0.6 is 23.2 Å². The van der Waals surface area contributed by atoms with Gasteiger partial charge in [-0.25, -0.2) is 8.42 Å². The van der Waals surface area contributed by atoms with Gasteiger partial charge in [0.15, 0.2) is 0 Å². The summed E-state index contributed by atoms with van der Waals surface area (Å²) in [6.45, 7) is 5.40. The van der Waals surface area contributed by atoms with Crippen LogP contribution in [-0.4, -0.2) is 20.4 Å². The number of carbonyl (C=O) groups is 1. The fourth-order valence-corrected chi connectivity index (χ4v) is 3.64. The molecule has 0 bridgehead atoms. The van der Waals surface area contributed by atoms with Gasteiger partial charge in [0.25, 0.3) is 15.9 Å². The Balaban J connectivity index is 2.40. The van der Waals surface area contributed by atoms with Crippen molar-refractivity contribution in [3.8, 4) is 0 Å². The molecule has 2 aromatic carbocycles. The highest BCUT2D eigenvalue weighted by molar-refractivity contribution is 7.92. The first-order valence-corrected chi connectivity index (χ1v) is 9.74. The summed E-state index contributed by atoms with van der Waals surface area (Å²) in [6.07, 6.45) is 0. The SMILES string of the molecule is Cc1ccc(S(=O)(=O)Nc2cccc(Cl)c2Cl)cc1C(=O)NC(C)C. The van der Waals surface area contributed by atoms with E-state index in [1.807, 2.05) is 13.8 Å². The van der Waals surface area contributed by atoms with E-state index >= 15 is 0 Å². The molecule has 8 heteroatoms. The average molecular weight is 401 g/mol. The summed E-state index contributed by atoms with van der Waals surface area (Å²) in [5.74, 6) is -0.328. The first kappa shape index (κ1) is 19.6. The molecule has 0 unspecified atom stereocenters. The Labute approximate surface area is 157 Å². The third kappa shape index (κ3) is 4.66. The van der Waals surface area contributed by atoms with Crippen LogP contribution in [0, 0.1) is 6.92 Å². The van der Waals surface area contributed by atoms with E-state index in [1.54, 1.807) is 25.1 Å². The van der Waals surface area contributed by atoms with Crippen molar-refractivity contribution in [2.45, 2.75) is 31.7 Å². The molecular weight excluding hydrogens is 383 g/mol. The zero-order chi connectivity index (χ0) is 18.8. The number of amides is 1. The Morgan fingerprint density at radius 1 is 1.12 bits per heavy atom. The van der Waals surface area contributed by atoms with Gasteiger partial charge in [-0.15, -0.1) is 0 Å². The molecule has 0 aliphatic carbocycles. The van der Waals surface area contributed by atoms with Crippen molar-refractivity contribution >= 4 is 44.8 Å². The van der Waals surface area contributed by atoms with Gasteiger partial charge >= 0.3 is 0 Å². The lowest BCUT2D eigenvalue weighted by Crippen LogP contribution is -2.30. The van der Waals surface area contributed by atoms with Crippen LogP contribution in [-0.2, 0) is 10.0 Å². The van der Waals surface area contributed by atoms with Gasteiger partial charge < -0.3 is 5.32 Å². The van der Waals surface area contributed by atoms with E-state index in [0.29, 0.717) is 11.1 Å². The Bertz CT molecular complexity index is 912. The zero-order valence-corrected chi connectivity index (χ0v) is 16.3. The van der Waals surface area contributed by atoms with Crippen LogP contribution in [0.25, 0.3) is 0 Å². The molecule has 0 fully saturated rings. The summed E-state index contributed by atoms with van der Waals surface area (Å²) in [5.41, 5.74) is 1.15. The number of halogens is 2. The Morgan fingerprint density at radius 3 is 2.44 bits per heavy atom. The second-order valence-electron chi connectivity index (χ2n) is 5.81. The molecule has 0 spiro atoms. The number of carbonyl (C=O) groups excluding carboxylic acids is 1. The number of hydrogen-bond donors (Lipinski definition) is 2. The summed E-state index contributed by atoms with van der Waals surface area (Å²) >= 11 is 11.9. The molecule has 0 saturated heterocycles. The largest absolute Gasteiger partial charge is 0.350 e. The van der Waals surface area contributed by atoms with Crippen molar-refractivity contribution in [3.63, 3.8) is 0 Å². The predicted octanol–water partition coefficient (Wildman–Crippen LogP) is 4.24. The summed E-state index contributed by atoms with van der Waals surface area (Å²) < 4.78 is 27.7. The van der Waals surface area contributed by atoms with Crippen molar-refractivity contribution in [2.24, 2.45) is 0 Å². The van der Waals surface area contributed by atoms with Crippen molar-refractivity contribution < 1.29 is 13.2 Å². The molecule has 0 heterocycles. The maximum atomic E-state index is 12.6. The smallest absolute Gasteiger partial charge is 0.261 e. The van der Waals surface area contributed by atoms with Crippen molar-refractivity contribution in [3.05, 3.63) is 57.6 Å². The normalized spacial score (nSPS) is 11.4. The van der Waals surface area contributed by atoms with Crippen molar-refractivity contribution in [1.82, 2.24) is 5.32 Å². The summed E-state index contributed by atoms with van der Waals surface area (Å²) in [4.78, 5) is 12.2. The van der Waals surface area contributed by atoms with Gasteiger partial charge in [0.05, 0.1) is 20.6 Å². The monoisotopic (exact) mass is 400 g/mol. The maximum Gasteiger partial charge on any atom is 0.261 e. The Morgan fingerprint density at radius 2 is 1.80 bits per heavy atom. The van der Waals surface area contributed by atoms with E-state index in [-0.39, 0.29) is 32.6 Å². The third-order valence-electron chi connectivity index (χ3n) is 3.38. The van der Waals surface area contributed by atoms with Gasteiger partial charge in [0.2, 0.25) is 0 Å². The lowest BCUT2D eigenvalue weighted by atomic mass is 10.1. The number of rotatable bonds is 5. The number of hydrogen-bond acceptors (Lipinski definition) is 3. The van der Waals surface area contributed by atoms with E-state index in [1.165, 1.54) is 18.2 Å². The molecule has 2 aromatic rings. The second kappa shape index (κ2) is 7.64. The molecule has 134 valence electrons. The molecule has 1 amide bonds. The van der Waals surface area contributed by atoms with E-state index in [2.05, 4.69) is 10.0 Å². The van der Waals surface area contributed by atoms with Crippen LogP contribution in [0.5, 0.6) is 0 Å². The first-order valence-electron chi connectivity index (χ1n) is 7.50. The van der Waals surface area contributed by atoms with Gasteiger partial charge in [-0.2, -0.15) is 0 Å². The van der Waals surface area contributed by atoms with Crippen LogP contribution in [0.1, 0.15) is 29.8 Å². The van der Waals surface area contributed by atoms with Crippen molar-refractivity contribution in [2.75, 3.05) is 4.72 Å².